The van der Waals surface area contributed by atoms with Crippen LogP contribution in [0.15, 0.2) is 93.9 Å². The second kappa shape index (κ2) is 8.84. The summed E-state index contributed by atoms with van der Waals surface area (Å²) in [5.41, 5.74) is 2.82. The number of halogens is 2. The zero-order valence-corrected chi connectivity index (χ0v) is 19.3. The van der Waals surface area contributed by atoms with E-state index in [1.54, 1.807) is 12.3 Å². The van der Waals surface area contributed by atoms with Gasteiger partial charge in [-0.2, -0.15) is 0 Å². The van der Waals surface area contributed by atoms with Crippen molar-refractivity contribution in [2.45, 2.75) is 18.6 Å². The van der Waals surface area contributed by atoms with Crippen LogP contribution in [0.1, 0.15) is 29.1 Å². The molecule has 0 radical (unpaired) electrons. The van der Waals surface area contributed by atoms with Crippen LogP contribution in [0.5, 0.6) is 0 Å². The van der Waals surface area contributed by atoms with Crippen molar-refractivity contribution in [3.05, 3.63) is 112 Å². The van der Waals surface area contributed by atoms with Gasteiger partial charge in [0.15, 0.2) is 5.11 Å². The fraction of sp³-hybridized carbons (Fsp3) is 0.120. The van der Waals surface area contributed by atoms with Gasteiger partial charge in [-0.25, -0.2) is 4.39 Å². The fourth-order valence-electron chi connectivity index (χ4n) is 4.01. The van der Waals surface area contributed by atoms with E-state index >= 15 is 0 Å². The minimum Gasteiger partial charge on any atom is -0.459 e. The van der Waals surface area contributed by atoms with Crippen LogP contribution in [0.3, 0.4) is 0 Å². The molecule has 0 saturated carbocycles. The maximum absolute atomic E-state index is 13.6. The molecule has 1 aliphatic heterocycles. The minimum absolute atomic E-state index is 0.164. The molecule has 3 heterocycles. The molecule has 2 aromatic carbocycles. The topological polar surface area (TPSA) is 41.3 Å². The predicted octanol–water partition coefficient (Wildman–Crippen LogP) is 6.42. The number of hydrogen-bond acceptors (Lipinski definition) is 3. The number of thiocarbonyl (C=S) groups is 1. The maximum Gasteiger partial charge on any atom is 0.170 e. The molecule has 5 rings (SSSR count). The van der Waals surface area contributed by atoms with Crippen molar-refractivity contribution in [2.24, 2.45) is 0 Å². The standard InChI is InChI=1S/C25H19BrFN3OS/c26-19-14-17(27)9-10-18(19)21-11-12-22(31-21)24-23(20-8-4-5-13-28-20)29-25(32)30(24)15-16-6-2-1-3-7-16/h1-14,23-24H,15H2,(H,29,32)/t23-,24-/m1/s1. The van der Waals surface area contributed by atoms with Crippen LogP contribution >= 0.6 is 28.1 Å². The molecule has 4 aromatic rings. The van der Waals surface area contributed by atoms with E-state index in [4.69, 9.17) is 16.6 Å². The molecule has 1 N–H and O–H groups in total. The Morgan fingerprint density at radius 3 is 2.59 bits per heavy atom. The number of nitrogens with zero attached hydrogens (tertiary/aromatic N) is 2. The van der Waals surface area contributed by atoms with Crippen molar-refractivity contribution >= 4 is 33.3 Å². The van der Waals surface area contributed by atoms with Crippen LogP contribution in [-0.2, 0) is 6.54 Å². The van der Waals surface area contributed by atoms with Crippen LogP contribution < -0.4 is 5.32 Å². The molecule has 1 saturated heterocycles. The van der Waals surface area contributed by atoms with E-state index in [1.165, 1.54) is 12.1 Å². The Balaban J connectivity index is 1.55. The Labute approximate surface area is 199 Å². The zero-order valence-electron chi connectivity index (χ0n) is 16.9. The molecule has 2 atom stereocenters. The first-order valence-electron chi connectivity index (χ1n) is 10.2. The van der Waals surface area contributed by atoms with E-state index in [0.29, 0.717) is 21.9 Å². The van der Waals surface area contributed by atoms with Gasteiger partial charge in [0.1, 0.15) is 23.4 Å². The third-order valence-corrected chi connectivity index (χ3v) is 6.52. The number of nitrogens with one attached hydrogen (secondary N) is 1. The maximum atomic E-state index is 13.6. The lowest BCUT2D eigenvalue weighted by Crippen LogP contribution is -2.29. The van der Waals surface area contributed by atoms with Gasteiger partial charge in [0.2, 0.25) is 0 Å². The van der Waals surface area contributed by atoms with E-state index in [-0.39, 0.29) is 17.9 Å². The summed E-state index contributed by atoms with van der Waals surface area (Å²) in [6.07, 6.45) is 1.78. The average Bonchev–Trinajstić information content (AvgIpc) is 3.40. The Morgan fingerprint density at radius 1 is 1.03 bits per heavy atom. The molecule has 1 fully saturated rings. The third kappa shape index (κ3) is 4.06. The molecular weight excluding hydrogens is 489 g/mol. The molecule has 7 heteroatoms. The van der Waals surface area contributed by atoms with Crippen molar-refractivity contribution in [3.63, 3.8) is 0 Å². The highest BCUT2D eigenvalue weighted by atomic mass is 79.9. The van der Waals surface area contributed by atoms with Crippen molar-refractivity contribution in [1.82, 2.24) is 15.2 Å². The zero-order chi connectivity index (χ0) is 22.1. The molecule has 160 valence electrons. The average molecular weight is 508 g/mol. The quantitative estimate of drug-likeness (QED) is 0.316. The highest BCUT2D eigenvalue weighted by Gasteiger charge is 2.41. The van der Waals surface area contributed by atoms with Gasteiger partial charge >= 0.3 is 0 Å². The number of furan rings is 1. The van der Waals surface area contributed by atoms with Gasteiger partial charge in [0, 0.05) is 22.8 Å². The summed E-state index contributed by atoms with van der Waals surface area (Å²) < 4.78 is 20.5. The molecule has 1 aliphatic rings. The first kappa shape index (κ1) is 20.8. The molecule has 0 amide bonds. The van der Waals surface area contributed by atoms with Crippen molar-refractivity contribution in [3.8, 4) is 11.3 Å². The monoisotopic (exact) mass is 507 g/mol. The van der Waals surface area contributed by atoms with Crippen LogP contribution in [-0.4, -0.2) is 15.0 Å². The molecule has 4 nitrogen and oxygen atoms in total. The van der Waals surface area contributed by atoms with E-state index in [9.17, 15) is 4.39 Å². The summed E-state index contributed by atoms with van der Waals surface area (Å²) in [6, 6.07) is 24.1. The molecule has 0 unspecified atom stereocenters. The summed E-state index contributed by atoms with van der Waals surface area (Å²) in [7, 11) is 0. The smallest absolute Gasteiger partial charge is 0.170 e. The van der Waals surface area contributed by atoms with E-state index in [1.807, 2.05) is 48.5 Å². The largest absolute Gasteiger partial charge is 0.459 e. The summed E-state index contributed by atoms with van der Waals surface area (Å²) in [4.78, 5) is 6.69. The lowest BCUT2D eigenvalue weighted by Gasteiger charge is -2.26. The first-order chi connectivity index (χ1) is 15.6. The fourth-order valence-corrected chi connectivity index (χ4v) is 4.86. The van der Waals surface area contributed by atoms with E-state index in [2.05, 4.69) is 43.3 Å². The molecule has 0 bridgehead atoms. The highest BCUT2D eigenvalue weighted by molar-refractivity contribution is 9.10. The summed E-state index contributed by atoms with van der Waals surface area (Å²) in [5.74, 6) is 1.11. The number of pyridine rings is 1. The summed E-state index contributed by atoms with van der Waals surface area (Å²) in [5, 5.41) is 4.08. The van der Waals surface area contributed by atoms with E-state index in [0.717, 1.165) is 22.6 Å². The van der Waals surface area contributed by atoms with Crippen LogP contribution in [0, 0.1) is 5.82 Å². The first-order valence-corrected chi connectivity index (χ1v) is 11.4. The van der Waals surface area contributed by atoms with Gasteiger partial charge in [-0.3, -0.25) is 4.98 Å². The normalized spacial score (nSPS) is 18.1. The van der Waals surface area contributed by atoms with Crippen molar-refractivity contribution in [2.75, 3.05) is 0 Å². The SMILES string of the molecule is Fc1ccc(-c2ccc([C@@H]3[C@@H](c4ccccn4)NC(=S)N3Cc3ccccc3)o2)c(Br)c1. The lowest BCUT2D eigenvalue weighted by atomic mass is 10.0. The number of benzene rings is 2. The Bertz CT molecular complexity index is 1250. The van der Waals surface area contributed by atoms with Gasteiger partial charge in [-0.05, 0) is 76.2 Å². The van der Waals surface area contributed by atoms with Crippen molar-refractivity contribution in [1.29, 1.82) is 0 Å². The van der Waals surface area contributed by atoms with Gasteiger partial charge in [-0.1, -0.05) is 36.4 Å². The molecule has 2 aromatic heterocycles. The molecule has 0 aliphatic carbocycles. The second-order valence-electron chi connectivity index (χ2n) is 7.57. The Kier molecular flexibility index (Phi) is 5.76. The number of hydrogen-bond donors (Lipinski definition) is 1. The number of rotatable bonds is 5. The summed E-state index contributed by atoms with van der Waals surface area (Å²) >= 11 is 9.16. The lowest BCUT2D eigenvalue weighted by molar-refractivity contribution is 0.269. The van der Waals surface area contributed by atoms with Crippen LogP contribution in [0.25, 0.3) is 11.3 Å². The Morgan fingerprint density at radius 2 is 1.84 bits per heavy atom. The van der Waals surface area contributed by atoms with Gasteiger partial charge in [-0.15, -0.1) is 0 Å². The van der Waals surface area contributed by atoms with Crippen molar-refractivity contribution < 1.29 is 8.81 Å². The van der Waals surface area contributed by atoms with Gasteiger partial charge in [0.25, 0.3) is 0 Å². The molecule has 32 heavy (non-hydrogen) atoms. The third-order valence-electron chi connectivity index (χ3n) is 5.51. The van der Waals surface area contributed by atoms with E-state index < -0.39 is 0 Å². The molecular formula is C25H19BrFN3OS. The highest BCUT2D eigenvalue weighted by Crippen LogP contribution is 2.42. The Hall–Kier alpha value is -3.03. The minimum atomic E-state index is -0.304. The predicted molar refractivity (Wildman–Crippen MR) is 129 cm³/mol. The van der Waals surface area contributed by atoms with Crippen LogP contribution in [0.4, 0.5) is 4.39 Å². The van der Waals surface area contributed by atoms with Crippen LogP contribution in [0.2, 0.25) is 0 Å². The second-order valence-corrected chi connectivity index (χ2v) is 8.81. The van der Waals surface area contributed by atoms with Gasteiger partial charge in [0.05, 0.1) is 11.7 Å². The van der Waals surface area contributed by atoms with Gasteiger partial charge < -0.3 is 14.6 Å². The number of aromatic nitrogens is 1. The molecule has 0 spiro atoms. The summed E-state index contributed by atoms with van der Waals surface area (Å²) in [6.45, 7) is 0.636.